The van der Waals surface area contributed by atoms with E-state index in [1.807, 2.05) is 31.2 Å². The van der Waals surface area contributed by atoms with E-state index in [0.717, 1.165) is 23.1 Å². The molecule has 0 saturated carbocycles. The lowest BCUT2D eigenvalue weighted by Crippen LogP contribution is -2.25. The summed E-state index contributed by atoms with van der Waals surface area (Å²) in [5, 5.41) is 12.5. The molecule has 0 fully saturated rings. The Labute approximate surface area is 180 Å². The Hall–Kier alpha value is -3.31. The molecule has 0 radical (unpaired) electrons. The Kier molecular flexibility index (Phi) is 7.09. The third kappa shape index (κ3) is 6.09. The second-order valence-corrected chi connectivity index (χ2v) is 7.37. The summed E-state index contributed by atoms with van der Waals surface area (Å²) in [7, 11) is 0. The number of hydrogen-bond acceptors (Lipinski definition) is 3. The van der Waals surface area contributed by atoms with Gasteiger partial charge in [0, 0.05) is 17.1 Å². The molecule has 5 nitrogen and oxygen atoms in total. The largest absolute Gasteiger partial charge is 0.481 e. The van der Waals surface area contributed by atoms with Crippen molar-refractivity contribution in [3.05, 3.63) is 94.0 Å². The second kappa shape index (κ2) is 9.94. The molecular weight excluding hydrogens is 402 g/mol. The summed E-state index contributed by atoms with van der Waals surface area (Å²) in [6, 6.07) is 19.7. The van der Waals surface area contributed by atoms with E-state index in [1.54, 1.807) is 42.5 Å². The van der Waals surface area contributed by atoms with Crippen LogP contribution < -0.4 is 10.1 Å². The van der Waals surface area contributed by atoms with Crippen LogP contribution in [0.15, 0.2) is 66.7 Å². The van der Waals surface area contributed by atoms with Crippen LogP contribution in [0.3, 0.4) is 0 Å². The van der Waals surface area contributed by atoms with Crippen LogP contribution in [0.25, 0.3) is 0 Å². The van der Waals surface area contributed by atoms with E-state index in [2.05, 4.69) is 5.32 Å². The number of carbonyl (C=O) groups excluding carboxylic acids is 1. The number of ether oxygens (including phenoxy) is 1. The number of amides is 1. The zero-order valence-electron chi connectivity index (χ0n) is 16.5. The maximum atomic E-state index is 12.3. The van der Waals surface area contributed by atoms with Gasteiger partial charge in [-0.15, -0.1) is 0 Å². The first-order valence-electron chi connectivity index (χ1n) is 9.52. The standard InChI is InChI=1S/C24H22ClNO4/c1-16-14-18(15-23(27)28)4-11-22(16)30-21-9-5-19(6-10-21)24(29)26-13-12-17-2-7-20(25)8-3-17/h2-11,14H,12-13,15H2,1H3,(H,26,29)(H,27,28). The Morgan fingerprint density at radius 1 is 0.967 bits per heavy atom. The number of benzene rings is 3. The molecule has 0 aliphatic rings. The van der Waals surface area contributed by atoms with E-state index in [0.29, 0.717) is 28.6 Å². The fourth-order valence-electron chi connectivity index (χ4n) is 2.99. The summed E-state index contributed by atoms with van der Waals surface area (Å²) < 4.78 is 5.86. The SMILES string of the molecule is Cc1cc(CC(=O)O)ccc1Oc1ccc(C(=O)NCCc2ccc(Cl)cc2)cc1. The quantitative estimate of drug-likeness (QED) is 0.532. The van der Waals surface area contributed by atoms with Gasteiger partial charge in [0.25, 0.3) is 5.91 Å². The Balaban J connectivity index is 1.54. The Bertz CT molecular complexity index is 1030. The molecule has 0 unspecified atom stereocenters. The molecule has 0 bridgehead atoms. The smallest absolute Gasteiger partial charge is 0.307 e. The average molecular weight is 424 g/mol. The van der Waals surface area contributed by atoms with Gasteiger partial charge in [0.2, 0.25) is 0 Å². The normalized spacial score (nSPS) is 10.5. The number of hydrogen-bond donors (Lipinski definition) is 2. The Morgan fingerprint density at radius 3 is 2.27 bits per heavy atom. The molecule has 0 aliphatic carbocycles. The molecule has 3 aromatic carbocycles. The lowest BCUT2D eigenvalue weighted by molar-refractivity contribution is -0.136. The van der Waals surface area contributed by atoms with E-state index in [1.165, 1.54) is 0 Å². The predicted octanol–water partition coefficient (Wildman–Crippen LogP) is 5.04. The van der Waals surface area contributed by atoms with Crippen LogP contribution in [0, 0.1) is 6.92 Å². The highest BCUT2D eigenvalue weighted by Crippen LogP contribution is 2.26. The first-order chi connectivity index (χ1) is 14.4. The van der Waals surface area contributed by atoms with Crippen molar-refractivity contribution in [2.75, 3.05) is 6.54 Å². The fourth-order valence-corrected chi connectivity index (χ4v) is 3.11. The summed E-state index contributed by atoms with van der Waals surface area (Å²) in [5.74, 6) is 0.223. The molecule has 3 rings (SSSR count). The fraction of sp³-hybridized carbons (Fsp3) is 0.167. The summed E-state index contributed by atoms with van der Waals surface area (Å²) >= 11 is 5.87. The van der Waals surface area contributed by atoms with Crippen molar-refractivity contribution in [3.63, 3.8) is 0 Å². The third-order valence-electron chi connectivity index (χ3n) is 4.55. The summed E-state index contributed by atoms with van der Waals surface area (Å²) in [5.41, 5.74) is 3.22. The molecule has 3 aromatic rings. The van der Waals surface area contributed by atoms with Crippen LogP contribution in [0.5, 0.6) is 11.5 Å². The maximum absolute atomic E-state index is 12.3. The summed E-state index contributed by atoms with van der Waals surface area (Å²) in [6.45, 7) is 2.39. The highest BCUT2D eigenvalue weighted by molar-refractivity contribution is 6.30. The van der Waals surface area contributed by atoms with Crippen molar-refractivity contribution in [1.82, 2.24) is 5.32 Å². The van der Waals surface area contributed by atoms with Crippen LogP contribution in [0.2, 0.25) is 5.02 Å². The van der Waals surface area contributed by atoms with Crippen LogP contribution in [-0.2, 0) is 17.6 Å². The average Bonchev–Trinajstić information content (AvgIpc) is 2.71. The van der Waals surface area contributed by atoms with Crippen molar-refractivity contribution in [2.24, 2.45) is 0 Å². The monoisotopic (exact) mass is 423 g/mol. The van der Waals surface area contributed by atoms with Gasteiger partial charge in [-0.3, -0.25) is 9.59 Å². The molecule has 2 N–H and O–H groups in total. The Morgan fingerprint density at radius 2 is 1.63 bits per heavy atom. The van der Waals surface area contributed by atoms with Gasteiger partial charge in [0.15, 0.2) is 0 Å². The molecule has 154 valence electrons. The minimum Gasteiger partial charge on any atom is -0.481 e. The number of carboxylic acids is 1. The van der Waals surface area contributed by atoms with E-state index >= 15 is 0 Å². The molecule has 30 heavy (non-hydrogen) atoms. The predicted molar refractivity (Wildman–Crippen MR) is 117 cm³/mol. The van der Waals surface area contributed by atoms with Crippen LogP contribution >= 0.6 is 11.6 Å². The number of nitrogens with one attached hydrogen (secondary N) is 1. The van der Waals surface area contributed by atoms with Gasteiger partial charge in [-0.1, -0.05) is 35.9 Å². The topological polar surface area (TPSA) is 75.6 Å². The van der Waals surface area contributed by atoms with Crippen LogP contribution in [-0.4, -0.2) is 23.5 Å². The maximum Gasteiger partial charge on any atom is 0.307 e. The first-order valence-corrected chi connectivity index (χ1v) is 9.90. The molecule has 0 saturated heterocycles. The van der Waals surface area contributed by atoms with Crippen LogP contribution in [0.4, 0.5) is 0 Å². The van der Waals surface area contributed by atoms with E-state index in [-0.39, 0.29) is 12.3 Å². The van der Waals surface area contributed by atoms with Crippen LogP contribution in [0.1, 0.15) is 27.0 Å². The van der Waals surface area contributed by atoms with Crippen molar-refractivity contribution in [3.8, 4) is 11.5 Å². The first kappa shape index (κ1) is 21.4. The number of carbonyl (C=O) groups is 2. The van der Waals surface area contributed by atoms with E-state index in [4.69, 9.17) is 21.4 Å². The molecule has 0 spiro atoms. The van der Waals surface area contributed by atoms with Gasteiger partial charge < -0.3 is 15.2 Å². The van der Waals surface area contributed by atoms with Crippen molar-refractivity contribution >= 4 is 23.5 Å². The van der Waals surface area contributed by atoms with E-state index < -0.39 is 5.97 Å². The van der Waals surface area contributed by atoms with Gasteiger partial charge in [0.1, 0.15) is 11.5 Å². The second-order valence-electron chi connectivity index (χ2n) is 6.93. The third-order valence-corrected chi connectivity index (χ3v) is 4.80. The zero-order valence-corrected chi connectivity index (χ0v) is 17.3. The minimum absolute atomic E-state index is 0.0249. The van der Waals surface area contributed by atoms with Gasteiger partial charge in [-0.25, -0.2) is 0 Å². The molecule has 0 aliphatic heterocycles. The van der Waals surface area contributed by atoms with Crippen molar-refractivity contribution in [2.45, 2.75) is 19.8 Å². The minimum atomic E-state index is -0.870. The number of halogens is 1. The lowest BCUT2D eigenvalue weighted by atomic mass is 10.1. The number of rotatable bonds is 8. The van der Waals surface area contributed by atoms with E-state index in [9.17, 15) is 9.59 Å². The van der Waals surface area contributed by atoms with Gasteiger partial charge in [-0.05, 0) is 72.5 Å². The van der Waals surface area contributed by atoms with Crippen molar-refractivity contribution < 1.29 is 19.4 Å². The molecular formula is C24H22ClNO4. The highest BCUT2D eigenvalue weighted by atomic mass is 35.5. The molecule has 6 heteroatoms. The van der Waals surface area contributed by atoms with Crippen molar-refractivity contribution in [1.29, 1.82) is 0 Å². The molecule has 0 heterocycles. The number of aliphatic carboxylic acids is 1. The molecule has 1 amide bonds. The summed E-state index contributed by atoms with van der Waals surface area (Å²) in [6.07, 6.45) is 0.699. The zero-order chi connectivity index (χ0) is 21.5. The van der Waals surface area contributed by atoms with Gasteiger partial charge >= 0.3 is 5.97 Å². The lowest BCUT2D eigenvalue weighted by Gasteiger charge is -2.11. The van der Waals surface area contributed by atoms with Gasteiger partial charge in [-0.2, -0.15) is 0 Å². The molecule has 0 atom stereocenters. The van der Waals surface area contributed by atoms with Gasteiger partial charge in [0.05, 0.1) is 6.42 Å². The highest BCUT2D eigenvalue weighted by Gasteiger charge is 2.08. The summed E-state index contributed by atoms with van der Waals surface area (Å²) in [4.78, 5) is 23.1. The molecule has 0 aromatic heterocycles. The number of carboxylic acid groups (broad SMARTS) is 1. The number of aryl methyl sites for hydroxylation is 1.